The highest BCUT2D eigenvalue weighted by Crippen LogP contribution is 2.27. The summed E-state index contributed by atoms with van der Waals surface area (Å²) in [5, 5.41) is 9.56. The maximum absolute atomic E-state index is 12.5. The topological polar surface area (TPSA) is 76.1 Å². The minimum atomic E-state index is -1.07. The zero-order valence-electron chi connectivity index (χ0n) is 16.9. The van der Waals surface area contributed by atoms with Gasteiger partial charge in [-0.3, -0.25) is 4.90 Å². The van der Waals surface area contributed by atoms with E-state index in [1.807, 2.05) is 84.9 Å². The number of hydrogen-bond acceptors (Lipinski definition) is 4. The molecule has 1 heterocycles. The first-order valence-electron chi connectivity index (χ1n) is 10.1. The summed E-state index contributed by atoms with van der Waals surface area (Å²) in [6.07, 6.45) is -0.870. The Balaban J connectivity index is 1.38. The molecule has 1 fully saturated rings. The van der Waals surface area contributed by atoms with E-state index in [1.165, 1.54) is 4.90 Å². The fourth-order valence-electron chi connectivity index (χ4n) is 3.67. The van der Waals surface area contributed by atoms with Gasteiger partial charge in [-0.15, -0.1) is 0 Å². The van der Waals surface area contributed by atoms with Crippen molar-refractivity contribution in [2.24, 2.45) is 0 Å². The predicted molar refractivity (Wildman–Crippen MR) is 116 cm³/mol. The molecule has 31 heavy (non-hydrogen) atoms. The van der Waals surface area contributed by atoms with Crippen LogP contribution in [0.25, 0.3) is 11.1 Å². The summed E-state index contributed by atoms with van der Waals surface area (Å²) in [5.74, 6) is -0.435. The Morgan fingerprint density at radius 1 is 0.871 bits per heavy atom. The van der Waals surface area contributed by atoms with Crippen molar-refractivity contribution in [1.82, 2.24) is 4.90 Å². The van der Waals surface area contributed by atoms with E-state index in [2.05, 4.69) is 0 Å². The van der Waals surface area contributed by atoms with Gasteiger partial charge >= 0.3 is 12.1 Å². The highest BCUT2D eigenvalue weighted by Gasteiger charge is 2.41. The maximum Gasteiger partial charge on any atom is 0.410 e. The number of carbonyl (C=O) groups is 2. The van der Waals surface area contributed by atoms with Crippen LogP contribution in [-0.4, -0.2) is 40.8 Å². The van der Waals surface area contributed by atoms with Gasteiger partial charge in [-0.2, -0.15) is 0 Å². The number of ether oxygens (including phenoxy) is 2. The quantitative estimate of drug-likeness (QED) is 0.635. The Morgan fingerprint density at radius 3 is 2.13 bits per heavy atom. The fourth-order valence-corrected chi connectivity index (χ4v) is 3.67. The first-order valence-corrected chi connectivity index (χ1v) is 10.1. The number of rotatable bonds is 6. The Labute approximate surface area is 180 Å². The third-order valence-electron chi connectivity index (χ3n) is 5.25. The van der Waals surface area contributed by atoms with Gasteiger partial charge in [0.05, 0.1) is 6.54 Å². The number of amides is 1. The zero-order chi connectivity index (χ0) is 21.6. The maximum atomic E-state index is 12.5. The van der Waals surface area contributed by atoms with E-state index >= 15 is 0 Å². The molecule has 1 aliphatic heterocycles. The van der Waals surface area contributed by atoms with Crippen LogP contribution in [0.5, 0.6) is 5.75 Å². The molecule has 4 rings (SSSR count). The van der Waals surface area contributed by atoms with Crippen LogP contribution in [0.3, 0.4) is 0 Å². The number of hydrogen-bond donors (Lipinski definition) is 1. The molecule has 0 aromatic heterocycles. The Hall–Kier alpha value is -3.80. The Bertz CT molecular complexity index is 1020. The molecule has 3 aromatic carbocycles. The van der Waals surface area contributed by atoms with Crippen LogP contribution < -0.4 is 4.74 Å². The molecule has 0 spiro atoms. The van der Waals surface area contributed by atoms with Crippen molar-refractivity contribution in [1.29, 1.82) is 0 Å². The van der Waals surface area contributed by atoms with E-state index in [0.717, 1.165) is 16.7 Å². The van der Waals surface area contributed by atoms with Gasteiger partial charge in [0.1, 0.15) is 24.5 Å². The fraction of sp³-hybridized carbons (Fsp3) is 0.200. The molecule has 1 unspecified atom stereocenters. The van der Waals surface area contributed by atoms with E-state index in [9.17, 15) is 14.7 Å². The lowest BCUT2D eigenvalue weighted by Crippen LogP contribution is -2.40. The normalized spacial score (nSPS) is 17.9. The molecule has 0 aliphatic carbocycles. The SMILES string of the molecule is O=C(O)[C@@H]1CC(Oc2ccc(-c3ccccc3)cc2)CN1C(=O)OCc1ccccc1. The lowest BCUT2D eigenvalue weighted by atomic mass is 10.1. The van der Waals surface area contributed by atoms with E-state index < -0.39 is 24.2 Å². The lowest BCUT2D eigenvalue weighted by molar-refractivity contribution is -0.141. The van der Waals surface area contributed by atoms with Crippen LogP contribution in [0.4, 0.5) is 4.79 Å². The van der Waals surface area contributed by atoms with Crippen molar-refractivity contribution in [2.45, 2.75) is 25.2 Å². The smallest absolute Gasteiger partial charge is 0.410 e. The number of carboxylic acids is 1. The van der Waals surface area contributed by atoms with Crippen molar-refractivity contribution >= 4 is 12.1 Å². The van der Waals surface area contributed by atoms with Crippen LogP contribution in [0, 0.1) is 0 Å². The summed E-state index contributed by atoms with van der Waals surface area (Å²) < 4.78 is 11.3. The summed E-state index contributed by atoms with van der Waals surface area (Å²) in [6, 6.07) is 25.9. The minimum absolute atomic E-state index is 0.0922. The van der Waals surface area contributed by atoms with E-state index in [1.54, 1.807) is 0 Å². The van der Waals surface area contributed by atoms with Gasteiger partial charge in [0, 0.05) is 6.42 Å². The first-order chi connectivity index (χ1) is 15.1. The molecule has 0 bridgehead atoms. The summed E-state index contributed by atoms with van der Waals surface area (Å²) in [5.41, 5.74) is 3.01. The van der Waals surface area contributed by atoms with E-state index in [-0.39, 0.29) is 19.6 Å². The van der Waals surface area contributed by atoms with Gasteiger partial charge in [-0.25, -0.2) is 9.59 Å². The molecule has 1 saturated heterocycles. The third kappa shape index (κ3) is 5.04. The standard InChI is InChI=1S/C25H23NO5/c27-24(28)23-15-22(16-26(23)25(29)30-17-18-7-3-1-4-8-18)31-21-13-11-20(12-14-21)19-9-5-2-6-10-19/h1-14,22-23H,15-17H2,(H,27,28)/t22?,23-/m0/s1. The summed E-state index contributed by atoms with van der Waals surface area (Å²) in [4.78, 5) is 25.4. The predicted octanol–water partition coefficient (Wildman–Crippen LogP) is 4.60. The largest absolute Gasteiger partial charge is 0.488 e. The number of carbonyl (C=O) groups excluding carboxylic acids is 1. The molecule has 1 aliphatic rings. The summed E-state index contributed by atoms with van der Waals surface area (Å²) >= 11 is 0. The molecule has 158 valence electrons. The van der Waals surface area contributed by atoms with Crippen LogP contribution >= 0.6 is 0 Å². The van der Waals surface area contributed by atoms with Crippen LogP contribution in [0.15, 0.2) is 84.9 Å². The average molecular weight is 417 g/mol. The monoisotopic (exact) mass is 417 g/mol. The summed E-state index contributed by atoms with van der Waals surface area (Å²) in [7, 11) is 0. The van der Waals surface area contributed by atoms with Crippen molar-refractivity contribution < 1.29 is 24.2 Å². The molecular weight excluding hydrogens is 394 g/mol. The second-order valence-corrected chi connectivity index (χ2v) is 7.41. The van der Waals surface area contributed by atoms with Crippen LogP contribution in [0.1, 0.15) is 12.0 Å². The van der Waals surface area contributed by atoms with Gasteiger partial charge in [-0.05, 0) is 28.8 Å². The van der Waals surface area contributed by atoms with Gasteiger partial charge in [0.2, 0.25) is 0 Å². The lowest BCUT2D eigenvalue weighted by Gasteiger charge is -2.20. The Kier molecular flexibility index (Phi) is 6.17. The van der Waals surface area contributed by atoms with Crippen molar-refractivity contribution in [3.8, 4) is 16.9 Å². The molecule has 0 saturated carbocycles. The molecule has 0 radical (unpaired) electrons. The molecule has 1 N–H and O–H groups in total. The zero-order valence-corrected chi connectivity index (χ0v) is 16.9. The Morgan fingerprint density at radius 2 is 1.48 bits per heavy atom. The van der Waals surface area contributed by atoms with E-state index in [4.69, 9.17) is 9.47 Å². The molecule has 1 amide bonds. The molecule has 3 aromatic rings. The molecule has 6 heteroatoms. The first kappa shape index (κ1) is 20.5. The van der Waals surface area contributed by atoms with Crippen LogP contribution in [-0.2, 0) is 16.1 Å². The number of nitrogens with zero attached hydrogens (tertiary/aromatic N) is 1. The minimum Gasteiger partial charge on any atom is -0.488 e. The van der Waals surface area contributed by atoms with Gasteiger partial charge in [0.25, 0.3) is 0 Å². The number of likely N-dealkylation sites (tertiary alicyclic amines) is 1. The van der Waals surface area contributed by atoms with Gasteiger partial charge < -0.3 is 14.6 Å². The third-order valence-corrected chi connectivity index (χ3v) is 5.25. The average Bonchev–Trinajstić information content (AvgIpc) is 3.23. The van der Waals surface area contributed by atoms with Gasteiger partial charge in [-0.1, -0.05) is 72.8 Å². The second-order valence-electron chi connectivity index (χ2n) is 7.41. The second kappa shape index (κ2) is 9.34. The molecular formula is C25H23NO5. The molecule has 2 atom stereocenters. The van der Waals surface area contributed by atoms with Crippen molar-refractivity contribution in [3.05, 3.63) is 90.5 Å². The highest BCUT2D eigenvalue weighted by molar-refractivity contribution is 5.81. The number of carboxylic acid groups (broad SMARTS) is 1. The highest BCUT2D eigenvalue weighted by atomic mass is 16.6. The van der Waals surface area contributed by atoms with Crippen molar-refractivity contribution in [2.75, 3.05) is 6.54 Å². The van der Waals surface area contributed by atoms with Crippen molar-refractivity contribution in [3.63, 3.8) is 0 Å². The number of aliphatic carboxylic acids is 1. The van der Waals surface area contributed by atoms with Gasteiger partial charge in [0.15, 0.2) is 0 Å². The van der Waals surface area contributed by atoms with E-state index in [0.29, 0.717) is 5.75 Å². The van der Waals surface area contributed by atoms with Crippen LogP contribution in [0.2, 0.25) is 0 Å². The summed E-state index contributed by atoms with van der Waals surface area (Å²) in [6.45, 7) is 0.250. The number of benzene rings is 3. The molecule has 6 nitrogen and oxygen atoms in total.